The van der Waals surface area contributed by atoms with Crippen LogP contribution in [0.4, 0.5) is 5.69 Å². The molecule has 2 aromatic heterocycles. The number of nitrogens with zero attached hydrogens (tertiary/aromatic N) is 2. The van der Waals surface area contributed by atoms with Crippen LogP contribution >= 0.6 is 11.3 Å². The highest BCUT2D eigenvalue weighted by atomic mass is 32.1. The molecule has 0 aliphatic rings. The van der Waals surface area contributed by atoms with Crippen molar-refractivity contribution in [2.75, 3.05) is 12.4 Å². The van der Waals surface area contributed by atoms with Crippen LogP contribution in [0.3, 0.4) is 0 Å². The number of anilines is 1. The number of carbonyl (C=O) groups excluding carboxylic acids is 1. The van der Waals surface area contributed by atoms with Crippen molar-refractivity contribution < 1.29 is 9.53 Å². The number of aromatic nitrogens is 2. The number of aryl methyl sites for hydroxylation is 2. The van der Waals surface area contributed by atoms with E-state index in [2.05, 4.69) is 10.3 Å². The molecule has 0 aliphatic heterocycles. The van der Waals surface area contributed by atoms with Gasteiger partial charge in [0, 0.05) is 23.4 Å². The first-order chi connectivity index (χ1) is 14.6. The summed E-state index contributed by atoms with van der Waals surface area (Å²) in [6, 6.07) is 17.1. The molecule has 1 amide bonds. The summed E-state index contributed by atoms with van der Waals surface area (Å²) in [6.07, 6.45) is 1.67. The van der Waals surface area contributed by atoms with Gasteiger partial charge in [-0.2, -0.15) is 0 Å². The van der Waals surface area contributed by atoms with Gasteiger partial charge in [0.25, 0.3) is 5.56 Å². The van der Waals surface area contributed by atoms with Crippen molar-refractivity contribution in [2.45, 2.75) is 19.9 Å². The molecule has 30 heavy (non-hydrogen) atoms. The molecule has 0 fully saturated rings. The summed E-state index contributed by atoms with van der Waals surface area (Å²) in [6.45, 7) is 2.24. The van der Waals surface area contributed by atoms with E-state index in [0.29, 0.717) is 21.7 Å². The molecule has 4 aromatic rings. The van der Waals surface area contributed by atoms with Crippen LogP contribution in [-0.4, -0.2) is 22.6 Å². The van der Waals surface area contributed by atoms with Crippen LogP contribution in [-0.2, 0) is 11.3 Å². The predicted molar refractivity (Wildman–Crippen MR) is 120 cm³/mol. The van der Waals surface area contributed by atoms with Gasteiger partial charge in [0.1, 0.15) is 10.6 Å². The van der Waals surface area contributed by atoms with E-state index in [1.54, 1.807) is 19.2 Å². The van der Waals surface area contributed by atoms with Gasteiger partial charge in [0.05, 0.1) is 24.5 Å². The first-order valence-corrected chi connectivity index (χ1v) is 10.4. The highest BCUT2D eigenvalue weighted by molar-refractivity contribution is 7.19. The lowest BCUT2D eigenvalue weighted by Gasteiger charge is -2.10. The number of benzene rings is 2. The number of methoxy groups -OCH3 is 1. The lowest BCUT2D eigenvalue weighted by molar-refractivity contribution is -0.116. The minimum Gasteiger partial charge on any atom is -0.495 e. The van der Waals surface area contributed by atoms with Crippen molar-refractivity contribution in [3.63, 3.8) is 0 Å². The second kappa shape index (κ2) is 8.51. The molecule has 0 radical (unpaired) electrons. The van der Waals surface area contributed by atoms with Crippen molar-refractivity contribution in [3.05, 3.63) is 76.2 Å². The van der Waals surface area contributed by atoms with Gasteiger partial charge < -0.3 is 10.1 Å². The van der Waals surface area contributed by atoms with Gasteiger partial charge in [-0.1, -0.05) is 42.5 Å². The summed E-state index contributed by atoms with van der Waals surface area (Å²) in [5, 5.41) is 3.44. The SMILES string of the molecule is COc1ccccc1NC(=O)CCn1cnc2sc(C)c(-c3ccccc3)c2c1=O. The quantitative estimate of drug-likeness (QED) is 0.500. The third kappa shape index (κ3) is 3.84. The van der Waals surface area contributed by atoms with E-state index < -0.39 is 0 Å². The monoisotopic (exact) mass is 419 g/mol. The van der Waals surface area contributed by atoms with E-state index in [1.165, 1.54) is 22.2 Å². The first kappa shape index (κ1) is 19.8. The predicted octanol–water partition coefficient (Wildman–Crippen LogP) is 4.47. The topological polar surface area (TPSA) is 73.2 Å². The average Bonchev–Trinajstić information content (AvgIpc) is 3.11. The van der Waals surface area contributed by atoms with Crippen molar-refractivity contribution in [2.24, 2.45) is 0 Å². The fraction of sp³-hybridized carbons (Fsp3) is 0.174. The molecule has 2 heterocycles. The normalized spacial score (nSPS) is 10.9. The van der Waals surface area contributed by atoms with Gasteiger partial charge >= 0.3 is 0 Å². The van der Waals surface area contributed by atoms with Gasteiger partial charge in [-0.15, -0.1) is 11.3 Å². The van der Waals surface area contributed by atoms with Crippen LogP contribution < -0.4 is 15.6 Å². The van der Waals surface area contributed by atoms with E-state index >= 15 is 0 Å². The third-order valence-corrected chi connectivity index (χ3v) is 5.89. The van der Waals surface area contributed by atoms with Crippen molar-refractivity contribution >= 4 is 33.1 Å². The Hall–Kier alpha value is -3.45. The van der Waals surface area contributed by atoms with Crippen LogP contribution in [0.5, 0.6) is 5.75 Å². The average molecular weight is 420 g/mol. The number of hydrogen-bond donors (Lipinski definition) is 1. The number of nitrogens with one attached hydrogen (secondary N) is 1. The van der Waals surface area contributed by atoms with Crippen LogP contribution in [0, 0.1) is 6.92 Å². The highest BCUT2D eigenvalue weighted by Gasteiger charge is 2.17. The molecular weight excluding hydrogens is 398 g/mol. The van der Waals surface area contributed by atoms with E-state index in [9.17, 15) is 9.59 Å². The van der Waals surface area contributed by atoms with E-state index in [1.807, 2.05) is 49.4 Å². The molecule has 6 nitrogen and oxygen atoms in total. The smallest absolute Gasteiger partial charge is 0.262 e. The van der Waals surface area contributed by atoms with Crippen LogP contribution in [0.1, 0.15) is 11.3 Å². The maximum atomic E-state index is 13.2. The summed E-state index contributed by atoms with van der Waals surface area (Å²) in [7, 11) is 1.55. The third-order valence-electron chi connectivity index (χ3n) is 4.88. The molecule has 0 spiro atoms. The molecule has 4 rings (SSSR count). The van der Waals surface area contributed by atoms with Crippen molar-refractivity contribution in [1.82, 2.24) is 9.55 Å². The lowest BCUT2D eigenvalue weighted by atomic mass is 10.0. The minimum absolute atomic E-state index is 0.131. The number of hydrogen-bond acceptors (Lipinski definition) is 5. The number of fused-ring (bicyclic) bond motifs is 1. The Bertz CT molecular complexity index is 1260. The summed E-state index contributed by atoms with van der Waals surface area (Å²) in [4.78, 5) is 31.8. The van der Waals surface area contributed by atoms with Crippen molar-refractivity contribution in [1.29, 1.82) is 0 Å². The maximum absolute atomic E-state index is 13.2. The lowest BCUT2D eigenvalue weighted by Crippen LogP contribution is -2.23. The molecule has 0 bridgehead atoms. The number of carbonyl (C=O) groups is 1. The molecule has 0 atom stereocenters. The second-order valence-electron chi connectivity index (χ2n) is 6.82. The van der Waals surface area contributed by atoms with E-state index in [0.717, 1.165) is 16.0 Å². The highest BCUT2D eigenvalue weighted by Crippen LogP contribution is 2.35. The Morgan fingerprint density at radius 3 is 2.63 bits per heavy atom. The fourth-order valence-corrected chi connectivity index (χ4v) is 4.44. The summed E-state index contributed by atoms with van der Waals surface area (Å²) in [5.41, 5.74) is 2.38. The summed E-state index contributed by atoms with van der Waals surface area (Å²) >= 11 is 1.51. The maximum Gasteiger partial charge on any atom is 0.262 e. The number of thiophene rings is 1. The zero-order valence-corrected chi connectivity index (χ0v) is 17.5. The zero-order valence-electron chi connectivity index (χ0n) is 16.7. The molecular formula is C23H21N3O3S. The standard InChI is InChI=1S/C23H21N3O3S/c1-15-20(16-8-4-3-5-9-16)21-22(30-15)24-14-26(23(21)28)13-12-19(27)25-17-10-6-7-11-18(17)29-2/h3-11,14H,12-13H2,1-2H3,(H,25,27). The Morgan fingerprint density at radius 1 is 1.13 bits per heavy atom. The van der Waals surface area contributed by atoms with Crippen LogP contribution in [0.15, 0.2) is 65.7 Å². The van der Waals surface area contributed by atoms with Gasteiger partial charge in [0.15, 0.2) is 0 Å². The van der Waals surface area contributed by atoms with E-state index in [4.69, 9.17) is 4.74 Å². The number of rotatable bonds is 6. The largest absolute Gasteiger partial charge is 0.495 e. The van der Waals surface area contributed by atoms with Gasteiger partial charge in [-0.25, -0.2) is 4.98 Å². The van der Waals surface area contributed by atoms with Gasteiger partial charge in [0.2, 0.25) is 5.91 Å². The first-order valence-electron chi connectivity index (χ1n) is 9.55. The molecule has 7 heteroatoms. The molecule has 152 valence electrons. The van der Waals surface area contributed by atoms with Crippen LogP contribution in [0.2, 0.25) is 0 Å². The minimum atomic E-state index is -0.198. The molecule has 0 saturated heterocycles. The van der Waals surface area contributed by atoms with Gasteiger partial charge in [-0.3, -0.25) is 14.2 Å². The molecule has 1 N–H and O–H groups in total. The zero-order chi connectivity index (χ0) is 21.1. The Balaban J connectivity index is 1.59. The number of ether oxygens (including phenoxy) is 1. The number of para-hydroxylation sites is 2. The Kier molecular flexibility index (Phi) is 5.63. The molecule has 0 unspecified atom stereocenters. The second-order valence-corrected chi connectivity index (χ2v) is 8.02. The summed E-state index contributed by atoms with van der Waals surface area (Å²) in [5.74, 6) is 0.392. The Labute approximate surface area is 177 Å². The number of amides is 1. The van der Waals surface area contributed by atoms with Gasteiger partial charge in [-0.05, 0) is 24.6 Å². The fourth-order valence-electron chi connectivity index (χ4n) is 3.43. The van der Waals surface area contributed by atoms with Crippen molar-refractivity contribution in [3.8, 4) is 16.9 Å². The van der Waals surface area contributed by atoms with Crippen LogP contribution in [0.25, 0.3) is 21.3 Å². The molecule has 0 saturated carbocycles. The summed E-state index contributed by atoms with van der Waals surface area (Å²) < 4.78 is 6.76. The molecule has 2 aromatic carbocycles. The Morgan fingerprint density at radius 2 is 1.87 bits per heavy atom. The molecule has 0 aliphatic carbocycles. The van der Waals surface area contributed by atoms with E-state index in [-0.39, 0.29) is 24.4 Å².